The summed E-state index contributed by atoms with van der Waals surface area (Å²) in [5.41, 5.74) is 5.35. The molecule has 4 aliphatic rings. The molecule has 0 saturated carbocycles. The lowest BCUT2D eigenvalue weighted by Crippen LogP contribution is -2.66. The largest absolute Gasteiger partial charge is 0.480 e. The van der Waals surface area contributed by atoms with Crippen LogP contribution in [0.3, 0.4) is 0 Å². The second kappa shape index (κ2) is 16.9. The van der Waals surface area contributed by atoms with Gasteiger partial charge in [0.25, 0.3) is 0 Å². The van der Waals surface area contributed by atoms with Crippen LogP contribution in [0.2, 0.25) is 0 Å². The Hall–Kier alpha value is -2.24. The summed E-state index contributed by atoms with van der Waals surface area (Å²) in [4.78, 5) is 22.3. The Labute approximate surface area is 275 Å². The van der Waals surface area contributed by atoms with Crippen molar-refractivity contribution in [3.63, 3.8) is 0 Å². The van der Waals surface area contributed by atoms with E-state index in [0.29, 0.717) is 6.08 Å². The lowest BCUT2D eigenvalue weighted by molar-refractivity contribution is -0.380. The number of rotatable bonds is 13. The molecule has 4 aliphatic heterocycles. The summed E-state index contributed by atoms with van der Waals surface area (Å²) in [6.07, 6.45) is -30.1. The zero-order chi connectivity index (χ0) is 36.3. The third-order valence-electron chi connectivity index (χ3n) is 8.13. The van der Waals surface area contributed by atoms with Crippen molar-refractivity contribution in [2.24, 2.45) is 5.73 Å². The van der Waals surface area contributed by atoms with Gasteiger partial charge in [0.05, 0.1) is 26.4 Å². The predicted octanol–water partition coefficient (Wildman–Crippen LogP) is -8.43. The second-order valence-corrected chi connectivity index (χ2v) is 11.6. The SMILES string of the molecule is NC(CO[C@@H]1OC[C@H](O[C@@H]2OC(CO)[C@H](O)[C@H](O[C@@H]3OC(CO)[C@H](O)[C@H](O[C@@H]4OC(C(=O)O)=C[C@H](O)C4O)C3O)C2O)[C@H](O)C1O)C(=O)O. The van der Waals surface area contributed by atoms with Gasteiger partial charge in [0.2, 0.25) is 12.0 Å². The minimum absolute atomic E-state index is 0.516. The molecule has 4 heterocycles. The van der Waals surface area contributed by atoms with Crippen molar-refractivity contribution >= 4 is 11.9 Å². The van der Waals surface area contributed by atoms with Crippen molar-refractivity contribution in [3.8, 4) is 0 Å². The van der Waals surface area contributed by atoms with E-state index in [1.165, 1.54) is 0 Å². The summed E-state index contributed by atoms with van der Waals surface area (Å²) < 4.78 is 42.9. The van der Waals surface area contributed by atoms with E-state index in [-0.39, 0.29) is 0 Å². The molecule has 14 N–H and O–H groups in total. The highest BCUT2D eigenvalue weighted by molar-refractivity contribution is 5.84. The zero-order valence-corrected chi connectivity index (χ0v) is 25.3. The number of hydrogen-bond donors (Lipinski definition) is 13. The summed E-state index contributed by atoms with van der Waals surface area (Å²) in [6.45, 7) is -2.92. The zero-order valence-electron chi connectivity index (χ0n) is 25.3. The normalized spacial score (nSPS) is 45.2. The lowest BCUT2D eigenvalue weighted by Gasteiger charge is -2.48. The molecule has 18 atom stereocenters. The van der Waals surface area contributed by atoms with Gasteiger partial charge in [-0.25, -0.2) is 4.79 Å². The molecular weight excluding hydrogens is 678 g/mol. The van der Waals surface area contributed by atoms with Gasteiger partial charge in [-0.05, 0) is 6.08 Å². The summed E-state index contributed by atoms with van der Waals surface area (Å²) >= 11 is 0. The van der Waals surface area contributed by atoms with Crippen LogP contribution >= 0.6 is 0 Å². The van der Waals surface area contributed by atoms with E-state index in [0.717, 1.165) is 0 Å². The number of ether oxygens (including phenoxy) is 8. The van der Waals surface area contributed by atoms with Crippen LogP contribution in [0.5, 0.6) is 0 Å². The van der Waals surface area contributed by atoms with Gasteiger partial charge >= 0.3 is 11.9 Å². The van der Waals surface area contributed by atoms with Gasteiger partial charge in [0.15, 0.2) is 18.9 Å². The van der Waals surface area contributed by atoms with E-state index in [4.69, 9.17) is 48.7 Å². The maximum absolute atomic E-state index is 11.4. The molecule has 0 bridgehead atoms. The number of hydrogen-bond acceptors (Lipinski definition) is 21. The number of carboxylic acid groups (broad SMARTS) is 2. The van der Waals surface area contributed by atoms with Crippen molar-refractivity contribution in [1.82, 2.24) is 0 Å². The predicted molar refractivity (Wildman–Crippen MR) is 146 cm³/mol. The molecular formula is C26H41NO22. The third-order valence-corrected chi connectivity index (χ3v) is 8.13. The van der Waals surface area contributed by atoms with Crippen molar-refractivity contribution in [1.29, 1.82) is 0 Å². The smallest absolute Gasteiger partial charge is 0.371 e. The van der Waals surface area contributed by atoms with Crippen LogP contribution in [0.25, 0.3) is 0 Å². The van der Waals surface area contributed by atoms with E-state index in [1.54, 1.807) is 0 Å². The number of carbonyl (C=O) groups is 2. The van der Waals surface area contributed by atoms with Gasteiger partial charge in [0.1, 0.15) is 85.4 Å². The Morgan fingerprint density at radius 3 is 1.78 bits per heavy atom. The first-order valence-corrected chi connectivity index (χ1v) is 14.9. The Morgan fingerprint density at radius 1 is 0.735 bits per heavy atom. The topological polar surface area (TPSA) is 377 Å². The molecule has 3 saturated heterocycles. The molecule has 23 heteroatoms. The highest BCUT2D eigenvalue weighted by Gasteiger charge is 2.54. The van der Waals surface area contributed by atoms with Crippen LogP contribution in [0.1, 0.15) is 0 Å². The van der Waals surface area contributed by atoms with Crippen molar-refractivity contribution in [3.05, 3.63) is 11.8 Å². The average Bonchev–Trinajstić information content (AvgIpc) is 3.06. The molecule has 0 amide bonds. The van der Waals surface area contributed by atoms with Crippen LogP contribution < -0.4 is 5.73 Å². The molecule has 0 aliphatic carbocycles. The number of aliphatic hydroxyl groups is 10. The standard InChI is InChI=1S/C26H41NO22/c27-6(21(38)39)4-42-23-16(35)13(32)11(5-43-23)47-25-17(36)19(14(33)9(2-28)45-25)49-26-18(37)20(15(34)10(3-29)46-26)48-24-12(31)7(30)1-8(44-24)22(40)41/h1,6-7,9-20,23-26,28-37H,2-5,27H2,(H,38,39)(H,40,41)/t6?,7-,9?,10?,11-,12?,13-,14-,15-,16?,17?,18?,19-,20-,23+,24-,25-,26-/m0/s1. The first kappa shape index (κ1) is 39.5. The first-order chi connectivity index (χ1) is 23.1. The Balaban J connectivity index is 1.46. The Morgan fingerprint density at radius 2 is 1.27 bits per heavy atom. The number of aliphatic carboxylic acids is 2. The van der Waals surface area contributed by atoms with Crippen LogP contribution in [-0.4, -0.2) is 210 Å². The molecule has 3 fully saturated rings. The van der Waals surface area contributed by atoms with Gasteiger partial charge in [-0.15, -0.1) is 0 Å². The van der Waals surface area contributed by atoms with Crippen molar-refractivity contribution in [2.45, 2.75) is 111 Å². The first-order valence-electron chi connectivity index (χ1n) is 14.9. The van der Waals surface area contributed by atoms with Crippen LogP contribution in [0, 0.1) is 0 Å². The van der Waals surface area contributed by atoms with Gasteiger partial charge in [-0.2, -0.15) is 0 Å². The molecule has 4 rings (SSSR count). The molecule has 49 heavy (non-hydrogen) atoms. The maximum Gasteiger partial charge on any atom is 0.371 e. The van der Waals surface area contributed by atoms with Crippen LogP contribution in [-0.2, 0) is 47.5 Å². The molecule has 0 radical (unpaired) electrons. The van der Waals surface area contributed by atoms with E-state index in [9.17, 15) is 65.8 Å². The van der Waals surface area contributed by atoms with Gasteiger partial charge in [0, 0.05) is 0 Å². The van der Waals surface area contributed by atoms with E-state index in [1.807, 2.05) is 0 Å². The molecule has 0 aromatic carbocycles. The Kier molecular flexibility index (Phi) is 13.6. The maximum atomic E-state index is 11.4. The van der Waals surface area contributed by atoms with Crippen molar-refractivity contribution < 1.29 is 109 Å². The average molecular weight is 720 g/mol. The number of nitrogens with two attached hydrogens (primary N) is 1. The molecule has 282 valence electrons. The monoisotopic (exact) mass is 719 g/mol. The lowest BCUT2D eigenvalue weighted by atomic mass is 9.96. The van der Waals surface area contributed by atoms with E-state index >= 15 is 0 Å². The Bertz CT molecular complexity index is 1150. The summed E-state index contributed by atoms with van der Waals surface area (Å²) in [7, 11) is 0. The summed E-state index contributed by atoms with van der Waals surface area (Å²) in [5.74, 6) is -3.87. The van der Waals surface area contributed by atoms with Gasteiger partial charge in [-0.1, -0.05) is 0 Å². The van der Waals surface area contributed by atoms with Crippen LogP contribution in [0.15, 0.2) is 11.8 Å². The number of carboxylic acids is 2. The van der Waals surface area contributed by atoms with Crippen LogP contribution in [0.4, 0.5) is 0 Å². The van der Waals surface area contributed by atoms with E-state index < -0.39 is 155 Å². The minimum Gasteiger partial charge on any atom is -0.480 e. The third kappa shape index (κ3) is 8.80. The van der Waals surface area contributed by atoms with Gasteiger partial charge < -0.3 is 105 Å². The molecule has 0 spiro atoms. The van der Waals surface area contributed by atoms with Gasteiger partial charge in [-0.3, -0.25) is 4.79 Å². The molecule has 23 nitrogen and oxygen atoms in total. The highest BCUT2D eigenvalue weighted by Crippen LogP contribution is 2.33. The quantitative estimate of drug-likeness (QED) is 0.0840. The summed E-state index contributed by atoms with van der Waals surface area (Å²) in [5, 5.41) is 123. The van der Waals surface area contributed by atoms with E-state index in [2.05, 4.69) is 0 Å². The molecule has 0 aromatic rings. The fourth-order valence-electron chi connectivity index (χ4n) is 5.32. The van der Waals surface area contributed by atoms with Crippen molar-refractivity contribution in [2.75, 3.05) is 26.4 Å². The molecule has 0 aromatic heterocycles. The number of aliphatic hydroxyl groups excluding tert-OH is 10. The fourth-order valence-corrected chi connectivity index (χ4v) is 5.32. The molecule has 7 unspecified atom stereocenters. The summed E-state index contributed by atoms with van der Waals surface area (Å²) in [6, 6.07) is -1.46. The highest BCUT2D eigenvalue weighted by atomic mass is 16.8. The fraction of sp³-hybridized carbons (Fsp3) is 0.846. The minimum atomic E-state index is -2.09. The second-order valence-electron chi connectivity index (χ2n) is 11.6.